The van der Waals surface area contributed by atoms with Crippen molar-refractivity contribution < 1.29 is 4.79 Å². The molecule has 4 nitrogen and oxygen atoms in total. The van der Waals surface area contributed by atoms with Gasteiger partial charge in [0.25, 0.3) is 0 Å². The Labute approximate surface area is 123 Å². The number of carbonyl (C=O) groups is 1. The Bertz CT molecular complexity index is 564. The predicted octanol–water partition coefficient (Wildman–Crippen LogP) is 2.59. The molecule has 1 amide bonds. The van der Waals surface area contributed by atoms with Gasteiger partial charge in [-0.2, -0.15) is 0 Å². The minimum atomic E-state index is -0.429. The molecule has 0 fully saturated rings. The average molecular weight is 289 g/mol. The lowest BCUT2D eigenvalue weighted by Gasteiger charge is -2.25. The summed E-state index contributed by atoms with van der Waals surface area (Å²) in [5.41, 5.74) is 7.81. The maximum absolute atomic E-state index is 11.7. The zero-order valence-electron chi connectivity index (χ0n) is 11.9. The van der Waals surface area contributed by atoms with Crippen LogP contribution in [0.15, 0.2) is 46.6 Å². The summed E-state index contributed by atoms with van der Waals surface area (Å²) in [7, 11) is 0. The van der Waals surface area contributed by atoms with Crippen molar-refractivity contribution in [3.63, 3.8) is 0 Å². The third kappa shape index (κ3) is 3.22. The molecule has 1 aliphatic rings. The molecule has 0 saturated heterocycles. The summed E-state index contributed by atoms with van der Waals surface area (Å²) in [6.07, 6.45) is 0. The number of allylic oxidation sites excluding steroid dienone is 1. The van der Waals surface area contributed by atoms with Crippen molar-refractivity contribution in [1.29, 1.82) is 0 Å². The molecule has 1 heterocycles. The third-order valence-electron chi connectivity index (χ3n) is 2.95. The summed E-state index contributed by atoms with van der Waals surface area (Å²) < 4.78 is 0. The second-order valence-electron chi connectivity index (χ2n) is 4.94. The normalized spacial score (nSPS) is 18.8. The smallest absolute Gasteiger partial charge is 0.248 e. The summed E-state index contributed by atoms with van der Waals surface area (Å²) in [5, 5.41) is 4.42. The van der Waals surface area contributed by atoms with E-state index in [1.807, 2.05) is 37.3 Å². The minimum absolute atomic E-state index is 0.323. The SMILES string of the molecule is CC1=C(C(N)=O)[C@@H](c2ccccc2)N=C(SC(C)C)N1. The highest BCUT2D eigenvalue weighted by Gasteiger charge is 2.27. The zero-order valence-corrected chi connectivity index (χ0v) is 12.7. The van der Waals surface area contributed by atoms with Gasteiger partial charge in [0.05, 0.1) is 5.57 Å². The lowest BCUT2D eigenvalue weighted by molar-refractivity contribution is -0.114. The molecule has 0 unspecified atom stereocenters. The van der Waals surface area contributed by atoms with E-state index in [-0.39, 0.29) is 6.04 Å². The maximum atomic E-state index is 11.7. The van der Waals surface area contributed by atoms with Gasteiger partial charge in [-0.05, 0) is 12.5 Å². The minimum Gasteiger partial charge on any atom is -0.366 e. The lowest BCUT2D eigenvalue weighted by Crippen LogP contribution is -2.32. The first kappa shape index (κ1) is 14.7. The number of primary amides is 1. The average Bonchev–Trinajstić information content (AvgIpc) is 2.37. The summed E-state index contributed by atoms with van der Waals surface area (Å²) in [6, 6.07) is 9.43. The molecule has 20 heavy (non-hydrogen) atoms. The molecular weight excluding hydrogens is 270 g/mol. The van der Waals surface area contributed by atoms with E-state index in [0.717, 1.165) is 16.4 Å². The Hall–Kier alpha value is -1.75. The molecule has 3 N–H and O–H groups in total. The molecule has 0 aromatic heterocycles. The maximum Gasteiger partial charge on any atom is 0.248 e. The Morgan fingerprint density at radius 1 is 1.35 bits per heavy atom. The van der Waals surface area contributed by atoms with Crippen molar-refractivity contribution in [3.8, 4) is 0 Å². The van der Waals surface area contributed by atoms with Crippen LogP contribution in [-0.4, -0.2) is 16.3 Å². The molecule has 5 heteroatoms. The van der Waals surface area contributed by atoms with Crippen LogP contribution in [0, 0.1) is 0 Å². The number of benzene rings is 1. The zero-order chi connectivity index (χ0) is 14.7. The van der Waals surface area contributed by atoms with Gasteiger partial charge in [-0.15, -0.1) is 0 Å². The Kier molecular flexibility index (Phi) is 4.49. The van der Waals surface area contributed by atoms with Crippen LogP contribution in [0.1, 0.15) is 32.4 Å². The quantitative estimate of drug-likeness (QED) is 0.898. The first-order chi connectivity index (χ1) is 9.49. The monoisotopic (exact) mass is 289 g/mol. The highest BCUT2D eigenvalue weighted by atomic mass is 32.2. The number of amidine groups is 1. The fourth-order valence-electron chi connectivity index (χ4n) is 2.13. The summed E-state index contributed by atoms with van der Waals surface area (Å²) >= 11 is 1.64. The molecule has 1 atom stereocenters. The molecule has 0 spiro atoms. The molecule has 1 aliphatic heterocycles. The highest BCUT2D eigenvalue weighted by Crippen LogP contribution is 2.32. The lowest BCUT2D eigenvalue weighted by atomic mass is 9.96. The molecule has 0 saturated carbocycles. The van der Waals surface area contributed by atoms with Crippen LogP contribution in [0.5, 0.6) is 0 Å². The number of nitrogens with two attached hydrogens (primary N) is 1. The number of carbonyl (C=O) groups excluding carboxylic acids is 1. The molecule has 0 bridgehead atoms. The van der Waals surface area contributed by atoms with Gasteiger partial charge in [-0.25, -0.2) is 4.99 Å². The number of hydrogen-bond donors (Lipinski definition) is 2. The number of amides is 1. The van der Waals surface area contributed by atoms with Crippen LogP contribution in [0.2, 0.25) is 0 Å². The molecule has 1 aromatic rings. The third-order valence-corrected chi connectivity index (χ3v) is 3.85. The van der Waals surface area contributed by atoms with E-state index >= 15 is 0 Å². The fraction of sp³-hybridized carbons (Fsp3) is 0.333. The van der Waals surface area contributed by atoms with Crippen molar-refractivity contribution in [2.45, 2.75) is 32.1 Å². The number of nitrogens with one attached hydrogen (secondary N) is 1. The second kappa shape index (κ2) is 6.13. The van der Waals surface area contributed by atoms with Crippen LogP contribution < -0.4 is 11.1 Å². The van der Waals surface area contributed by atoms with Crippen LogP contribution in [0.4, 0.5) is 0 Å². The van der Waals surface area contributed by atoms with E-state index < -0.39 is 5.91 Å². The molecule has 106 valence electrons. The van der Waals surface area contributed by atoms with Gasteiger partial charge >= 0.3 is 0 Å². The van der Waals surface area contributed by atoms with Crippen molar-refractivity contribution in [1.82, 2.24) is 5.32 Å². The van der Waals surface area contributed by atoms with Gasteiger partial charge in [0.2, 0.25) is 5.91 Å². The van der Waals surface area contributed by atoms with Gasteiger partial charge in [0.1, 0.15) is 6.04 Å². The van der Waals surface area contributed by atoms with E-state index in [2.05, 4.69) is 24.2 Å². The van der Waals surface area contributed by atoms with Crippen LogP contribution in [0.25, 0.3) is 0 Å². The Morgan fingerprint density at radius 2 is 2.00 bits per heavy atom. The van der Waals surface area contributed by atoms with E-state index in [9.17, 15) is 4.79 Å². The number of thioether (sulfide) groups is 1. The van der Waals surface area contributed by atoms with Crippen molar-refractivity contribution in [3.05, 3.63) is 47.2 Å². The largest absolute Gasteiger partial charge is 0.366 e. The van der Waals surface area contributed by atoms with Crippen molar-refractivity contribution in [2.24, 2.45) is 10.7 Å². The number of rotatable bonds is 3. The molecule has 0 radical (unpaired) electrons. The van der Waals surface area contributed by atoms with Crippen LogP contribution >= 0.6 is 11.8 Å². The van der Waals surface area contributed by atoms with Gasteiger partial charge in [-0.1, -0.05) is 55.9 Å². The van der Waals surface area contributed by atoms with Gasteiger partial charge in [0.15, 0.2) is 5.17 Å². The molecule has 0 aliphatic carbocycles. The highest BCUT2D eigenvalue weighted by molar-refractivity contribution is 8.14. The van der Waals surface area contributed by atoms with E-state index in [1.165, 1.54) is 0 Å². The molecular formula is C15H19N3OS. The molecule has 2 rings (SSSR count). The summed E-state index contributed by atoms with van der Waals surface area (Å²) in [4.78, 5) is 16.4. The van der Waals surface area contributed by atoms with Gasteiger partial charge < -0.3 is 11.1 Å². The topological polar surface area (TPSA) is 67.5 Å². The summed E-state index contributed by atoms with van der Waals surface area (Å²) in [5.74, 6) is -0.429. The van der Waals surface area contributed by atoms with E-state index in [4.69, 9.17) is 5.73 Å². The van der Waals surface area contributed by atoms with Crippen LogP contribution in [-0.2, 0) is 4.79 Å². The Balaban J connectivity index is 2.42. The first-order valence-electron chi connectivity index (χ1n) is 6.56. The predicted molar refractivity (Wildman–Crippen MR) is 84.4 cm³/mol. The van der Waals surface area contributed by atoms with Gasteiger partial charge in [-0.3, -0.25) is 4.79 Å². The second-order valence-corrected chi connectivity index (χ2v) is 6.51. The summed E-state index contributed by atoms with van der Waals surface area (Å²) in [6.45, 7) is 6.08. The Morgan fingerprint density at radius 3 is 2.55 bits per heavy atom. The fourth-order valence-corrected chi connectivity index (χ4v) is 2.95. The van der Waals surface area contributed by atoms with Gasteiger partial charge in [0, 0.05) is 10.9 Å². The molecule has 1 aromatic carbocycles. The van der Waals surface area contributed by atoms with E-state index in [1.54, 1.807) is 11.8 Å². The van der Waals surface area contributed by atoms with Crippen molar-refractivity contribution >= 4 is 22.8 Å². The standard InChI is InChI=1S/C15H19N3OS/c1-9(2)20-15-17-10(3)12(14(16)19)13(18-15)11-7-5-4-6-8-11/h4-9,13H,1-3H3,(H2,16,19)(H,17,18)/t13-/m1/s1. The first-order valence-corrected chi connectivity index (χ1v) is 7.44. The van der Waals surface area contributed by atoms with Crippen LogP contribution in [0.3, 0.4) is 0 Å². The number of nitrogens with zero attached hydrogens (tertiary/aromatic N) is 1. The number of hydrogen-bond acceptors (Lipinski definition) is 4. The number of aliphatic imine (C=N–C) groups is 1. The van der Waals surface area contributed by atoms with Crippen molar-refractivity contribution in [2.75, 3.05) is 0 Å². The van der Waals surface area contributed by atoms with E-state index in [0.29, 0.717) is 10.8 Å².